The van der Waals surface area contributed by atoms with Crippen molar-refractivity contribution in [1.29, 1.82) is 0 Å². The Kier molecular flexibility index (Phi) is 4.75. The zero-order chi connectivity index (χ0) is 22.4. The molecule has 6 nitrogen and oxygen atoms in total. The number of carbonyl (C=O) groups excluding carboxylic acids is 2. The molecule has 7 heteroatoms. The predicted molar refractivity (Wildman–Crippen MR) is 124 cm³/mol. The Balaban J connectivity index is 1.73. The fraction of sp³-hybridized carbons (Fsp3) is 0.0800. The number of ketones is 1. The van der Waals surface area contributed by atoms with Crippen molar-refractivity contribution in [3.8, 4) is 5.75 Å². The number of hydrogen-bond donors (Lipinski definition) is 2. The first-order chi connectivity index (χ1) is 15.4. The van der Waals surface area contributed by atoms with Crippen LogP contribution >= 0.6 is 11.3 Å². The van der Waals surface area contributed by atoms with E-state index in [4.69, 9.17) is 0 Å². The van der Waals surface area contributed by atoms with E-state index >= 15 is 0 Å². The molecule has 158 valence electrons. The normalized spacial score (nSPS) is 17.9. The van der Waals surface area contributed by atoms with Gasteiger partial charge in [-0.3, -0.25) is 14.5 Å². The second kappa shape index (κ2) is 7.62. The van der Waals surface area contributed by atoms with Crippen LogP contribution in [-0.2, 0) is 9.59 Å². The lowest BCUT2D eigenvalue weighted by atomic mass is 9.95. The smallest absolute Gasteiger partial charge is 0.301 e. The number of fused-ring (bicyclic) bond motifs is 1. The first-order valence-electron chi connectivity index (χ1n) is 9.96. The van der Waals surface area contributed by atoms with Crippen molar-refractivity contribution >= 4 is 44.1 Å². The average molecular weight is 442 g/mol. The largest absolute Gasteiger partial charge is 0.508 e. The van der Waals surface area contributed by atoms with Gasteiger partial charge in [-0.1, -0.05) is 59.9 Å². The zero-order valence-corrected chi connectivity index (χ0v) is 17.8. The molecule has 0 radical (unpaired) electrons. The summed E-state index contributed by atoms with van der Waals surface area (Å²) < 4.78 is 0.898. The maximum Gasteiger partial charge on any atom is 0.301 e. The van der Waals surface area contributed by atoms with Gasteiger partial charge < -0.3 is 10.2 Å². The third-order valence-electron chi connectivity index (χ3n) is 5.44. The summed E-state index contributed by atoms with van der Waals surface area (Å²) in [6.45, 7) is 1.97. The number of anilines is 1. The summed E-state index contributed by atoms with van der Waals surface area (Å²) in [7, 11) is 0. The molecule has 0 bridgehead atoms. The fourth-order valence-electron chi connectivity index (χ4n) is 3.88. The molecular formula is C25H18N2O4S. The Morgan fingerprint density at radius 3 is 2.44 bits per heavy atom. The quantitative estimate of drug-likeness (QED) is 0.267. The topological polar surface area (TPSA) is 90.7 Å². The van der Waals surface area contributed by atoms with Crippen LogP contribution in [-0.4, -0.2) is 26.9 Å². The molecule has 3 aromatic carbocycles. The van der Waals surface area contributed by atoms with Crippen molar-refractivity contribution < 1.29 is 19.8 Å². The number of aryl methyl sites for hydroxylation is 1. The van der Waals surface area contributed by atoms with Gasteiger partial charge in [-0.05, 0) is 42.3 Å². The van der Waals surface area contributed by atoms with Crippen LogP contribution < -0.4 is 4.90 Å². The zero-order valence-electron chi connectivity index (χ0n) is 17.0. The molecule has 2 heterocycles. The number of nitrogens with zero attached hydrogens (tertiary/aromatic N) is 2. The number of phenols is 1. The van der Waals surface area contributed by atoms with Crippen molar-refractivity contribution in [2.75, 3.05) is 4.90 Å². The standard InChI is InChI=1S/C25H18N2O4S/c1-14-7-12-18-19(13-14)32-25(26-18)27-21(15-8-10-17(28)11-9-15)20(23(30)24(27)31)22(29)16-5-3-2-4-6-16/h2-13,21,28-29H,1H3. The van der Waals surface area contributed by atoms with Crippen molar-refractivity contribution in [3.05, 3.63) is 95.1 Å². The number of aliphatic hydroxyl groups is 1. The number of phenolic OH excluding ortho intramolecular Hbond substituents is 1. The summed E-state index contributed by atoms with van der Waals surface area (Å²) in [6, 6.07) is 19.8. The molecule has 1 amide bonds. The first-order valence-corrected chi connectivity index (χ1v) is 10.8. The summed E-state index contributed by atoms with van der Waals surface area (Å²) in [5, 5.41) is 21.2. The lowest BCUT2D eigenvalue weighted by Crippen LogP contribution is -2.29. The van der Waals surface area contributed by atoms with E-state index in [1.54, 1.807) is 42.5 Å². The summed E-state index contributed by atoms with van der Waals surface area (Å²) in [6.07, 6.45) is 0. The van der Waals surface area contributed by atoms with Gasteiger partial charge >= 0.3 is 5.91 Å². The highest BCUT2D eigenvalue weighted by atomic mass is 32.1. The van der Waals surface area contributed by atoms with Crippen LogP contribution in [0.25, 0.3) is 16.0 Å². The Morgan fingerprint density at radius 1 is 1.00 bits per heavy atom. The van der Waals surface area contributed by atoms with E-state index in [2.05, 4.69) is 4.98 Å². The highest BCUT2D eigenvalue weighted by Gasteiger charge is 2.48. The number of benzene rings is 3. The molecule has 4 aromatic rings. The van der Waals surface area contributed by atoms with E-state index in [1.165, 1.54) is 28.4 Å². The molecule has 1 aromatic heterocycles. The third kappa shape index (κ3) is 3.23. The second-order valence-corrected chi connectivity index (χ2v) is 8.60. The average Bonchev–Trinajstić information content (AvgIpc) is 3.32. The van der Waals surface area contributed by atoms with Gasteiger partial charge in [0.05, 0.1) is 21.8 Å². The van der Waals surface area contributed by atoms with Crippen LogP contribution in [0.4, 0.5) is 5.13 Å². The maximum absolute atomic E-state index is 13.2. The minimum atomic E-state index is -0.877. The summed E-state index contributed by atoms with van der Waals surface area (Å²) in [4.78, 5) is 32.3. The van der Waals surface area contributed by atoms with Gasteiger partial charge in [0.2, 0.25) is 0 Å². The Bertz CT molecular complexity index is 1390. The molecular weight excluding hydrogens is 424 g/mol. The van der Waals surface area contributed by atoms with Crippen LogP contribution in [0.2, 0.25) is 0 Å². The van der Waals surface area contributed by atoms with Gasteiger partial charge in [-0.15, -0.1) is 0 Å². The molecule has 5 rings (SSSR count). The first kappa shape index (κ1) is 20.0. The number of aromatic hydroxyl groups is 1. The molecule has 1 saturated heterocycles. The van der Waals surface area contributed by atoms with Crippen molar-refractivity contribution in [3.63, 3.8) is 0 Å². The fourth-order valence-corrected chi connectivity index (χ4v) is 4.97. The predicted octanol–water partition coefficient (Wildman–Crippen LogP) is 4.94. The van der Waals surface area contributed by atoms with Gasteiger partial charge in [0.25, 0.3) is 5.78 Å². The molecule has 0 aliphatic carbocycles. The molecule has 1 aliphatic rings. The molecule has 1 fully saturated rings. The van der Waals surface area contributed by atoms with E-state index < -0.39 is 17.7 Å². The molecule has 1 atom stereocenters. The summed E-state index contributed by atoms with van der Waals surface area (Å²) in [5.74, 6) is -1.72. The lowest BCUT2D eigenvalue weighted by Gasteiger charge is -2.23. The van der Waals surface area contributed by atoms with Crippen LogP contribution in [0.3, 0.4) is 0 Å². The van der Waals surface area contributed by atoms with Crippen molar-refractivity contribution in [1.82, 2.24) is 4.98 Å². The van der Waals surface area contributed by atoms with Crippen LogP contribution in [0, 0.1) is 6.92 Å². The highest BCUT2D eigenvalue weighted by molar-refractivity contribution is 7.22. The lowest BCUT2D eigenvalue weighted by molar-refractivity contribution is -0.132. The van der Waals surface area contributed by atoms with Gasteiger partial charge in [0.1, 0.15) is 11.5 Å². The minimum absolute atomic E-state index is 0.0117. The van der Waals surface area contributed by atoms with Gasteiger partial charge in [0, 0.05) is 5.56 Å². The van der Waals surface area contributed by atoms with Crippen LogP contribution in [0.5, 0.6) is 5.75 Å². The Hall–Kier alpha value is -3.97. The van der Waals surface area contributed by atoms with Crippen LogP contribution in [0.15, 0.2) is 78.4 Å². The SMILES string of the molecule is Cc1ccc2nc(N3C(=O)C(=O)C(=C(O)c4ccccc4)C3c3ccc(O)cc3)sc2c1. The van der Waals surface area contributed by atoms with E-state index in [-0.39, 0.29) is 17.1 Å². The molecule has 0 saturated carbocycles. The summed E-state index contributed by atoms with van der Waals surface area (Å²) >= 11 is 1.31. The van der Waals surface area contributed by atoms with Crippen LogP contribution in [0.1, 0.15) is 22.7 Å². The number of Topliss-reactive ketones (excluding diaryl/α,β-unsaturated/α-hetero) is 1. The Morgan fingerprint density at radius 2 is 1.72 bits per heavy atom. The number of rotatable bonds is 3. The molecule has 0 spiro atoms. The number of amides is 1. The molecule has 1 unspecified atom stereocenters. The van der Waals surface area contributed by atoms with Crippen molar-refractivity contribution in [2.45, 2.75) is 13.0 Å². The molecule has 2 N–H and O–H groups in total. The van der Waals surface area contributed by atoms with E-state index in [1.807, 2.05) is 25.1 Å². The second-order valence-electron chi connectivity index (χ2n) is 7.59. The van der Waals surface area contributed by atoms with Gasteiger partial charge in [-0.2, -0.15) is 0 Å². The molecule has 1 aliphatic heterocycles. The number of aliphatic hydroxyl groups excluding tert-OH is 1. The number of aromatic nitrogens is 1. The van der Waals surface area contributed by atoms with Gasteiger partial charge in [-0.25, -0.2) is 4.98 Å². The monoisotopic (exact) mass is 442 g/mol. The number of thiazole rings is 1. The van der Waals surface area contributed by atoms with E-state index in [9.17, 15) is 19.8 Å². The minimum Gasteiger partial charge on any atom is -0.508 e. The van der Waals surface area contributed by atoms with Crippen molar-refractivity contribution in [2.24, 2.45) is 0 Å². The van der Waals surface area contributed by atoms with E-state index in [0.717, 1.165) is 15.8 Å². The highest BCUT2D eigenvalue weighted by Crippen LogP contribution is 2.44. The maximum atomic E-state index is 13.2. The number of hydrogen-bond acceptors (Lipinski definition) is 6. The number of carbonyl (C=O) groups is 2. The third-order valence-corrected chi connectivity index (χ3v) is 6.46. The van der Waals surface area contributed by atoms with Gasteiger partial charge in [0.15, 0.2) is 5.13 Å². The van der Waals surface area contributed by atoms with E-state index in [0.29, 0.717) is 16.3 Å². The summed E-state index contributed by atoms with van der Waals surface area (Å²) in [5.41, 5.74) is 2.80. The Labute approximate surface area is 187 Å². The molecule has 32 heavy (non-hydrogen) atoms.